The molecule has 1 aliphatic rings. The fourth-order valence-corrected chi connectivity index (χ4v) is 2.99. The molecular formula is C19H20FNO4. The molecule has 1 atom stereocenters. The molecule has 0 fully saturated rings. The number of nitrogens with zero attached hydrogens (tertiary/aromatic N) is 1. The number of aryl methyl sites for hydroxylation is 1. The first kappa shape index (κ1) is 17.2. The zero-order valence-corrected chi connectivity index (χ0v) is 14.2. The highest BCUT2D eigenvalue weighted by Crippen LogP contribution is 2.34. The standard InChI is InChI=1S/C19H20FNO4/c1-12-10-14(20)6-7-15(12)17(22)19(23)21-8-9-25-18-13(11-21)4-3-5-16(18)24-2/h3-7,10,17,22H,8-9,11H2,1-2H3. The summed E-state index contributed by atoms with van der Waals surface area (Å²) < 4.78 is 24.3. The van der Waals surface area contributed by atoms with Gasteiger partial charge >= 0.3 is 0 Å². The maximum atomic E-state index is 13.3. The molecule has 132 valence electrons. The third kappa shape index (κ3) is 3.44. The Hall–Kier alpha value is -2.60. The summed E-state index contributed by atoms with van der Waals surface area (Å²) in [5.74, 6) is 0.397. The van der Waals surface area contributed by atoms with Crippen LogP contribution >= 0.6 is 0 Å². The number of fused-ring (bicyclic) bond motifs is 1. The number of benzene rings is 2. The highest BCUT2D eigenvalue weighted by molar-refractivity contribution is 5.82. The molecule has 1 aliphatic heterocycles. The first-order chi connectivity index (χ1) is 12.0. The maximum Gasteiger partial charge on any atom is 0.256 e. The molecule has 25 heavy (non-hydrogen) atoms. The number of hydrogen-bond donors (Lipinski definition) is 1. The van der Waals surface area contributed by atoms with Crippen LogP contribution in [0, 0.1) is 12.7 Å². The van der Waals surface area contributed by atoms with Crippen LogP contribution < -0.4 is 9.47 Å². The fourth-order valence-electron chi connectivity index (χ4n) is 2.99. The van der Waals surface area contributed by atoms with Crippen molar-refractivity contribution in [2.45, 2.75) is 19.6 Å². The number of carbonyl (C=O) groups is 1. The lowest BCUT2D eigenvalue weighted by atomic mass is 10.0. The predicted molar refractivity (Wildman–Crippen MR) is 90.0 cm³/mol. The van der Waals surface area contributed by atoms with E-state index in [-0.39, 0.29) is 0 Å². The van der Waals surface area contributed by atoms with Gasteiger partial charge in [0.05, 0.1) is 13.7 Å². The van der Waals surface area contributed by atoms with E-state index >= 15 is 0 Å². The highest BCUT2D eigenvalue weighted by Gasteiger charge is 2.28. The minimum atomic E-state index is -1.34. The summed E-state index contributed by atoms with van der Waals surface area (Å²) in [5.41, 5.74) is 1.75. The van der Waals surface area contributed by atoms with Crippen LogP contribution in [0.2, 0.25) is 0 Å². The Morgan fingerprint density at radius 1 is 1.36 bits per heavy atom. The molecule has 2 aromatic rings. The molecule has 0 saturated carbocycles. The van der Waals surface area contributed by atoms with Gasteiger partial charge in [0, 0.05) is 12.1 Å². The maximum absolute atomic E-state index is 13.3. The molecule has 0 aromatic heterocycles. The van der Waals surface area contributed by atoms with Crippen LogP contribution in [0.5, 0.6) is 11.5 Å². The Morgan fingerprint density at radius 2 is 2.16 bits per heavy atom. The van der Waals surface area contributed by atoms with E-state index in [1.165, 1.54) is 18.2 Å². The lowest BCUT2D eigenvalue weighted by Gasteiger charge is -2.24. The summed E-state index contributed by atoms with van der Waals surface area (Å²) in [6.45, 7) is 2.62. The van der Waals surface area contributed by atoms with Crippen LogP contribution in [0.3, 0.4) is 0 Å². The van der Waals surface area contributed by atoms with Gasteiger partial charge < -0.3 is 19.5 Å². The molecule has 1 unspecified atom stereocenters. The highest BCUT2D eigenvalue weighted by atomic mass is 19.1. The predicted octanol–water partition coefficient (Wildman–Crippen LogP) is 2.60. The number of aliphatic hydroxyl groups excluding tert-OH is 1. The van der Waals surface area contributed by atoms with E-state index in [1.807, 2.05) is 12.1 Å². The molecular weight excluding hydrogens is 325 g/mol. The monoisotopic (exact) mass is 345 g/mol. The average Bonchev–Trinajstić information content (AvgIpc) is 2.82. The molecule has 1 heterocycles. The van der Waals surface area contributed by atoms with E-state index in [1.54, 1.807) is 25.0 Å². The van der Waals surface area contributed by atoms with Crippen LogP contribution in [0.25, 0.3) is 0 Å². The number of hydrogen-bond acceptors (Lipinski definition) is 4. The summed E-state index contributed by atoms with van der Waals surface area (Å²) in [7, 11) is 1.56. The Kier molecular flexibility index (Phi) is 4.90. The summed E-state index contributed by atoms with van der Waals surface area (Å²) in [5, 5.41) is 10.5. The van der Waals surface area contributed by atoms with E-state index in [0.717, 1.165) is 5.56 Å². The van der Waals surface area contributed by atoms with Gasteiger partial charge in [-0.2, -0.15) is 0 Å². The van der Waals surface area contributed by atoms with Crippen molar-refractivity contribution in [1.82, 2.24) is 4.90 Å². The van der Waals surface area contributed by atoms with Gasteiger partial charge in [-0.25, -0.2) is 4.39 Å². The van der Waals surface area contributed by atoms with Crippen LogP contribution in [-0.4, -0.2) is 36.2 Å². The molecule has 0 spiro atoms. The van der Waals surface area contributed by atoms with Crippen molar-refractivity contribution < 1.29 is 23.8 Å². The number of amides is 1. The lowest BCUT2D eigenvalue weighted by Crippen LogP contribution is -2.36. The summed E-state index contributed by atoms with van der Waals surface area (Å²) in [4.78, 5) is 14.3. The zero-order valence-electron chi connectivity index (χ0n) is 14.2. The van der Waals surface area contributed by atoms with Gasteiger partial charge in [-0.3, -0.25) is 4.79 Å². The summed E-state index contributed by atoms with van der Waals surface area (Å²) >= 11 is 0. The quantitative estimate of drug-likeness (QED) is 0.929. The first-order valence-corrected chi connectivity index (χ1v) is 8.03. The molecule has 0 aliphatic carbocycles. The van der Waals surface area contributed by atoms with Gasteiger partial charge in [-0.1, -0.05) is 18.2 Å². The van der Waals surface area contributed by atoms with Gasteiger partial charge in [-0.15, -0.1) is 0 Å². The van der Waals surface area contributed by atoms with E-state index in [0.29, 0.717) is 42.3 Å². The first-order valence-electron chi connectivity index (χ1n) is 8.03. The van der Waals surface area contributed by atoms with Crippen molar-refractivity contribution in [2.24, 2.45) is 0 Å². The van der Waals surface area contributed by atoms with Gasteiger partial charge in [0.2, 0.25) is 0 Å². The number of ether oxygens (including phenoxy) is 2. The van der Waals surface area contributed by atoms with E-state index in [2.05, 4.69) is 0 Å². The molecule has 1 amide bonds. The van der Waals surface area contributed by atoms with Gasteiger partial charge in [0.1, 0.15) is 12.4 Å². The Balaban J connectivity index is 1.84. The van der Waals surface area contributed by atoms with E-state index in [9.17, 15) is 14.3 Å². The zero-order chi connectivity index (χ0) is 18.0. The molecule has 0 bridgehead atoms. The van der Waals surface area contributed by atoms with Crippen molar-refractivity contribution in [2.75, 3.05) is 20.3 Å². The SMILES string of the molecule is COc1cccc2c1OCCN(C(=O)C(O)c1ccc(F)cc1C)C2. The largest absolute Gasteiger partial charge is 0.493 e. The summed E-state index contributed by atoms with van der Waals surface area (Å²) in [6.07, 6.45) is -1.34. The minimum Gasteiger partial charge on any atom is -0.493 e. The lowest BCUT2D eigenvalue weighted by molar-refractivity contribution is -0.141. The van der Waals surface area contributed by atoms with Crippen molar-refractivity contribution in [1.29, 1.82) is 0 Å². The molecule has 5 nitrogen and oxygen atoms in total. The van der Waals surface area contributed by atoms with Crippen molar-refractivity contribution in [3.05, 3.63) is 58.9 Å². The second kappa shape index (κ2) is 7.11. The number of para-hydroxylation sites is 1. The van der Waals surface area contributed by atoms with Crippen molar-refractivity contribution >= 4 is 5.91 Å². The molecule has 1 N–H and O–H groups in total. The van der Waals surface area contributed by atoms with Gasteiger partial charge in [0.25, 0.3) is 5.91 Å². The second-order valence-electron chi connectivity index (χ2n) is 5.96. The van der Waals surface area contributed by atoms with E-state index in [4.69, 9.17) is 9.47 Å². The molecule has 0 saturated heterocycles. The summed E-state index contributed by atoms with van der Waals surface area (Å²) in [6, 6.07) is 9.47. The van der Waals surface area contributed by atoms with Gasteiger partial charge in [-0.05, 0) is 36.2 Å². The molecule has 0 radical (unpaired) electrons. The molecule has 3 rings (SSSR count). The third-order valence-corrected chi connectivity index (χ3v) is 4.32. The van der Waals surface area contributed by atoms with Gasteiger partial charge in [0.15, 0.2) is 17.6 Å². The fraction of sp³-hybridized carbons (Fsp3) is 0.316. The van der Waals surface area contributed by atoms with E-state index < -0.39 is 17.8 Å². The Morgan fingerprint density at radius 3 is 2.88 bits per heavy atom. The number of methoxy groups -OCH3 is 1. The van der Waals surface area contributed by atoms with Crippen LogP contribution in [0.4, 0.5) is 4.39 Å². The normalized spacial score (nSPS) is 15.0. The third-order valence-electron chi connectivity index (χ3n) is 4.32. The number of halogens is 1. The topological polar surface area (TPSA) is 59.0 Å². The number of carbonyl (C=O) groups excluding carboxylic acids is 1. The van der Waals surface area contributed by atoms with Crippen LogP contribution in [0.1, 0.15) is 22.8 Å². The van der Waals surface area contributed by atoms with Crippen LogP contribution in [-0.2, 0) is 11.3 Å². The second-order valence-corrected chi connectivity index (χ2v) is 5.96. The molecule has 6 heteroatoms. The average molecular weight is 345 g/mol. The number of aliphatic hydroxyl groups is 1. The Bertz CT molecular complexity index is 793. The molecule has 2 aromatic carbocycles. The van der Waals surface area contributed by atoms with Crippen molar-refractivity contribution in [3.8, 4) is 11.5 Å². The Labute approximate surface area is 145 Å². The number of rotatable bonds is 3. The minimum absolute atomic E-state index is 0.300. The van der Waals surface area contributed by atoms with Crippen LogP contribution in [0.15, 0.2) is 36.4 Å². The van der Waals surface area contributed by atoms with Crippen molar-refractivity contribution in [3.63, 3.8) is 0 Å². The smallest absolute Gasteiger partial charge is 0.256 e.